The molecule has 7 heteroatoms. The molecule has 0 saturated carbocycles. The minimum absolute atomic E-state index is 0.191. The van der Waals surface area contributed by atoms with Crippen molar-refractivity contribution in [3.63, 3.8) is 0 Å². The van der Waals surface area contributed by atoms with Crippen molar-refractivity contribution in [2.75, 3.05) is 0 Å². The normalized spacial score (nSPS) is 11.0. The fraction of sp³-hybridized carbons (Fsp3) is 0.0909. The Kier molecular flexibility index (Phi) is 5.97. The van der Waals surface area contributed by atoms with Crippen LogP contribution in [0.3, 0.4) is 0 Å². The third-order valence-corrected chi connectivity index (χ3v) is 5.86. The number of fused-ring (bicyclic) bond motifs is 1. The van der Waals surface area contributed by atoms with Crippen LogP contribution in [0.1, 0.15) is 21.6 Å². The highest BCUT2D eigenvalue weighted by atomic mass is 79.9. The van der Waals surface area contributed by atoms with Crippen LogP contribution < -0.4 is 5.32 Å². The van der Waals surface area contributed by atoms with Gasteiger partial charge in [-0.15, -0.1) is 11.8 Å². The number of aromatic nitrogens is 2. The van der Waals surface area contributed by atoms with Crippen LogP contribution in [0.25, 0.3) is 5.65 Å². The van der Waals surface area contributed by atoms with Crippen molar-refractivity contribution in [2.24, 2.45) is 0 Å². The molecular weight excluding hydrogens is 453 g/mol. The molecule has 4 rings (SSSR count). The second-order valence-corrected chi connectivity index (χ2v) is 8.38. The number of halogens is 2. The molecule has 0 atom stereocenters. The molecule has 0 bridgehead atoms. The van der Waals surface area contributed by atoms with Crippen LogP contribution in [0.2, 0.25) is 0 Å². The zero-order valence-corrected chi connectivity index (χ0v) is 17.7. The predicted octanol–water partition coefficient (Wildman–Crippen LogP) is 5.46. The van der Waals surface area contributed by atoms with Gasteiger partial charge in [0.05, 0.1) is 11.3 Å². The standard InChI is InChI=1S/C22H17BrFN3OS/c23-16-9-15(10-17(24)11-16)12-25-22(28)19-5-1-2-6-20(19)29-14-18-13-27-8-4-3-7-21(27)26-18/h1-11,13H,12,14H2,(H,25,28). The van der Waals surface area contributed by atoms with Gasteiger partial charge >= 0.3 is 0 Å². The Hall–Kier alpha value is -2.64. The summed E-state index contributed by atoms with van der Waals surface area (Å²) in [4.78, 5) is 18.2. The molecule has 0 unspecified atom stereocenters. The first-order chi connectivity index (χ1) is 14.1. The number of hydrogen-bond donors (Lipinski definition) is 1. The number of hydrogen-bond acceptors (Lipinski definition) is 3. The second kappa shape index (κ2) is 8.80. The van der Waals surface area contributed by atoms with E-state index in [2.05, 4.69) is 26.2 Å². The lowest BCUT2D eigenvalue weighted by atomic mass is 10.2. The molecule has 0 aliphatic heterocycles. The zero-order chi connectivity index (χ0) is 20.2. The molecule has 0 aliphatic carbocycles. The Balaban J connectivity index is 1.44. The maximum absolute atomic E-state index is 13.5. The van der Waals surface area contributed by atoms with Crippen molar-refractivity contribution in [3.8, 4) is 0 Å². The third kappa shape index (κ3) is 4.86. The van der Waals surface area contributed by atoms with E-state index >= 15 is 0 Å². The van der Waals surface area contributed by atoms with Gasteiger partial charge < -0.3 is 9.72 Å². The quantitative estimate of drug-likeness (QED) is 0.381. The van der Waals surface area contributed by atoms with E-state index in [9.17, 15) is 9.18 Å². The first-order valence-electron chi connectivity index (χ1n) is 8.96. The van der Waals surface area contributed by atoms with Gasteiger partial charge in [0.2, 0.25) is 0 Å². The molecule has 0 fully saturated rings. The summed E-state index contributed by atoms with van der Waals surface area (Å²) < 4.78 is 16.1. The zero-order valence-electron chi connectivity index (χ0n) is 15.3. The number of rotatable bonds is 6. The number of benzene rings is 2. The number of nitrogens with one attached hydrogen (secondary N) is 1. The summed E-state index contributed by atoms with van der Waals surface area (Å²) in [7, 11) is 0. The highest BCUT2D eigenvalue weighted by Crippen LogP contribution is 2.26. The van der Waals surface area contributed by atoms with Gasteiger partial charge in [0.1, 0.15) is 11.5 Å². The molecule has 4 aromatic rings. The molecule has 0 radical (unpaired) electrons. The van der Waals surface area contributed by atoms with Crippen LogP contribution in [-0.4, -0.2) is 15.3 Å². The number of carbonyl (C=O) groups is 1. The van der Waals surface area contributed by atoms with Crippen molar-refractivity contribution >= 4 is 39.2 Å². The lowest BCUT2D eigenvalue weighted by Gasteiger charge is -2.10. The van der Waals surface area contributed by atoms with E-state index in [1.807, 2.05) is 53.2 Å². The second-order valence-electron chi connectivity index (χ2n) is 6.44. The third-order valence-electron chi connectivity index (χ3n) is 4.30. The van der Waals surface area contributed by atoms with E-state index in [-0.39, 0.29) is 18.3 Å². The van der Waals surface area contributed by atoms with Gasteiger partial charge in [-0.1, -0.05) is 34.1 Å². The first kappa shape index (κ1) is 19.7. The molecule has 0 saturated heterocycles. The smallest absolute Gasteiger partial charge is 0.252 e. The Labute approximate surface area is 180 Å². The number of thioether (sulfide) groups is 1. The fourth-order valence-corrected chi connectivity index (χ4v) is 4.43. The molecule has 2 aromatic heterocycles. The SMILES string of the molecule is O=C(NCc1cc(F)cc(Br)c1)c1ccccc1SCc1cn2ccccc2n1. The average Bonchev–Trinajstić information content (AvgIpc) is 3.13. The maximum Gasteiger partial charge on any atom is 0.252 e. The number of nitrogens with zero attached hydrogens (tertiary/aromatic N) is 2. The van der Waals surface area contributed by atoms with E-state index in [0.717, 1.165) is 16.2 Å². The summed E-state index contributed by atoms with van der Waals surface area (Å²) >= 11 is 4.83. The lowest BCUT2D eigenvalue weighted by molar-refractivity contribution is 0.0948. The van der Waals surface area contributed by atoms with Crippen molar-refractivity contribution in [1.82, 2.24) is 14.7 Å². The first-order valence-corrected chi connectivity index (χ1v) is 10.7. The van der Waals surface area contributed by atoms with E-state index in [1.165, 1.54) is 12.1 Å². The number of carbonyl (C=O) groups excluding carboxylic acids is 1. The topological polar surface area (TPSA) is 46.4 Å². The van der Waals surface area contributed by atoms with Crippen LogP contribution in [0, 0.1) is 5.82 Å². The summed E-state index contributed by atoms with van der Waals surface area (Å²) in [5.41, 5.74) is 3.13. The minimum atomic E-state index is -0.341. The maximum atomic E-state index is 13.5. The van der Waals surface area contributed by atoms with Crippen molar-refractivity contribution in [2.45, 2.75) is 17.2 Å². The summed E-state index contributed by atoms with van der Waals surface area (Å²) in [5, 5.41) is 2.87. The monoisotopic (exact) mass is 469 g/mol. The Morgan fingerprint density at radius 3 is 2.79 bits per heavy atom. The van der Waals surface area contributed by atoms with Gasteiger partial charge in [-0.25, -0.2) is 9.37 Å². The van der Waals surface area contributed by atoms with Crippen LogP contribution in [0.15, 0.2) is 82.4 Å². The van der Waals surface area contributed by atoms with E-state index in [4.69, 9.17) is 0 Å². The molecule has 29 heavy (non-hydrogen) atoms. The molecule has 1 N–H and O–H groups in total. The van der Waals surface area contributed by atoms with Crippen LogP contribution in [-0.2, 0) is 12.3 Å². The molecule has 0 aliphatic rings. The predicted molar refractivity (Wildman–Crippen MR) is 116 cm³/mol. The highest BCUT2D eigenvalue weighted by Gasteiger charge is 2.12. The Morgan fingerprint density at radius 1 is 1.14 bits per heavy atom. The van der Waals surface area contributed by atoms with Gasteiger partial charge in [0.25, 0.3) is 5.91 Å². The molecule has 146 valence electrons. The number of pyridine rings is 1. The molecule has 2 aromatic carbocycles. The van der Waals surface area contributed by atoms with Gasteiger partial charge in [-0.05, 0) is 48.0 Å². The lowest BCUT2D eigenvalue weighted by Crippen LogP contribution is -2.23. The van der Waals surface area contributed by atoms with Gasteiger partial charge in [-0.3, -0.25) is 4.79 Å². The van der Waals surface area contributed by atoms with Crippen molar-refractivity contribution in [3.05, 3.63) is 100 Å². The van der Waals surface area contributed by atoms with Crippen molar-refractivity contribution < 1.29 is 9.18 Å². The number of amides is 1. The van der Waals surface area contributed by atoms with Crippen LogP contribution in [0.5, 0.6) is 0 Å². The molecule has 1 amide bonds. The molecule has 0 spiro atoms. The Morgan fingerprint density at radius 2 is 1.97 bits per heavy atom. The summed E-state index contributed by atoms with van der Waals surface area (Å²) in [6.07, 6.45) is 3.95. The highest BCUT2D eigenvalue weighted by molar-refractivity contribution is 9.10. The summed E-state index contributed by atoms with van der Waals surface area (Å²) in [6.45, 7) is 0.251. The average molecular weight is 470 g/mol. The van der Waals surface area contributed by atoms with E-state index in [0.29, 0.717) is 21.4 Å². The summed E-state index contributed by atoms with van der Waals surface area (Å²) in [6, 6.07) is 17.9. The fourth-order valence-electron chi connectivity index (χ4n) is 2.98. The molecule has 2 heterocycles. The van der Waals surface area contributed by atoms with E-state index < -0.39 is 0 Å². The van der Waals surface area contributed by atoms with E-state index in [1.54, 1.807) is 23.9 Å². The van der Waals surface area contributed by atoms with Crippen LogP contribution >= 0.6 is 27.7 Å². The van der Waals surface area contributed by atoms with Gasteiger partial charge in [-0.2, -0.15) is 0 Å². The molecular formula is C22H17BrFN3OS. The van der Waals surface area contributed by atoms with Crippen molar-refractivity contribution in [1.29, 1.82) is 0 Å². The van der Waals surface area contributed by atoms with Crippen LogP contribution in [0.4, 0.5) is 4.39 Å². The van der Waals surface area contributed by atoms with Gasteiger partial charge in [0, 0.05) is 34.1 Å². The Bertz CT molecular complexity index is 1120. The number of imidazole rings is 1. The molecule has 4 nitrogen and oxygen atoms in total. The largest absolute Gasteiger partial charge is 0.348 e. The minimum Gasteiger partial charge on any atom is -0.348 e. The van der Waals surface area contributed by atoms with Gasteiger partial charge in [0.15, 0.2) is 0 Å². The summed E-state index contributed by atoms with van der Waals surface area (Å²) in [5.74, 6) is 0.124.